The summed E-state index contributed by atoms with van der Waals surface area (Å²) in [5, 5.41) is 11.2. The highest BCUT2D eigenvalue weighted by Crippen LogP contribution is 2.04. The number of carbonyl (C=O) groups is 2. The summed E-state index contributed by atoms with van der Waals surface area (Å²) in [4.78, 5) is 21.5. The molecule has 0 aliphatic rings. The summed E-state index contributed by atoms with van der Waals surface area (Å²) >= 11 is 4.00. The van der Waals surface area contributed by atoms with E-state index in [0.29, 0.717) is 12.3 Å². The van der Waals surface area contributed by atoms with Crippen molar-refractivity contribution >= 4 is 24.5 Å². The van der Waals surface area contributed by atoms with Crippen LogP contribution in [0.3, 0.4) is 0 Å². The van der Waals surface area contributed by atoms with E-state index < -0.39 is 5.97 Å². The van der Waals surface area contributed by atoms with E-state index in [0.717, 1.165) is 32.1 Å². The van der Waals surface area contributed by atoms with Gasteiger partial charge in [0.2, 0.25) is 0 Å². The van der Waals surface area contributed by atoms with Crippen molar-refractivity contribution in [1.29, 1.82) is 0 Å². The van der Waals surface area contributed by atoms with Gasteiger partial charge in [-0.05, 0) is 12.8 Å². The van der Waals surface area contributed by atoms with Crippen molar-refractivity contribution in [2.75, 3.05) is 12.3 Å². The lowest BCUT2D eigenvalue weighted by molar-refractivity contribution is -0.396. The van der Waals surface area contributed by atoms with Gasteiger partial charge in [0.1, 0.15) is 0 Å². The van der Waals surface area contributed by atoms with Crippen LogP contribution >= 0.6 is 12.6 Å². The molecule has 0 aromatic rings. The number of hydrogen-bond acceptors (Lipinski definition) is 3. The highest BCUT2D eigenvalue weighted by Gasteiger charge is 2.13. The summed E-state index contributed by atoms with van der Waals surface area (Å²) in [6.07, 6.45) is 4.89. The molecule has 5 N–H and O–H groups in total. The Morgan fingerprint density at radius 2 is 1.76 bits per heavy atom. The van der Waals surface area contributed by atoms with Gasteiger partial charge in [-0.3, -0.25) is 9.59 Å². The maximum absolute atomic E-state index is 11.3. The Labute approximate surface area is 108 Å². The van der Waals surface area contributed by atoms with E-state index in [1.165, 1.54) is 0 Å². The molecule has 0 heterocycles. The predicted octanol–water partition coefficient (Wildman–Crippen LogP) is 0.0681. The zero-order valence-electron chi connectivity index (χ0n) is 10.2. The van der Waals surface area contributed by atoms with Gasteiger partial charge in [-0.1, -0.05) is 19.3 Å². The van der Waals surface area contributed by atoms with Crippen LogP contribution in [0.15, 0.2) is 0 Å². The van der Waals surface area contributed by atoms with Crippen molar-refractivity contribution in [3.8, 4) is 0 Å². The van der Waals surface area contributed by atoms with Crippen molar-refractivity contribution in [2.24, 2.45) is 0 Å². The minimum absolute atomic E-state index is 0.0501. The van der Waals surface area contributed by atoms with Crippen LogP contribution in [0.4, 0.5) is 0 Å². The number of carbonyl (C=O) groups excluding carboxylic acids is 1. The standard InChI is InChI=1S/C11H22N2O3S/c12-9(8-17)11(16)13-7-5-3-1-2-4-6-10(14)15/h9,17H,1-8,12H2,(H,13,16)(H,14,15)/p+1. The summed E-state index contributed by atoms with van der Waals surface area (Å²) in [5.74, 6) is -0.322. The number of unbranched alkanes of at least 4 members (excludes halogenated alkanes) is 4. The number of hydrogen-bond donors (Lipinski definition) is 4. The third-order valence-corrected chi connectivity index (χ3v) is 2.90. The summed E-state index contributed by atoms with van der Waals surface area (Å²) in [6.45, 7) is 0.664. The van der Waals surface area contributed by atoms with E-state index in [9.17, 15) is 9.59 Å². The molecule has 1 atom stereocenters. The number of thiol groups is 1. The Morgan fingerprint density at radius 1 is 1.18 bits per heavy atom. The molecule has 0 saturated carbocycles. The van der Waals surface area contributed by atoms with Crippen molar-refractivity contribution < 1.29 is 20.4 Å². The average Bonchev–Trinajstić information content (AvgIpc) is 2.30. The second-order valence-electron chi connectivity index (χ2n) is 4.08. The third-order valence-electron chi connectivity index (χ3n) is 2.46. The molecule has 0 aliphatic heterocycles. The van der Waals surface area contributed by atoms with Crippen LogP contribution in [-0.4, -0.2) is 35.3 Å². The van der Waals surface area contributed by atoms with Gasteiger partial charge < -0.3 is 16.2 Å². The zero-order valence-corrected chi connectivity index (χ0v) is 11.0. The number of aliphatic carboxylic acids is 1. The van der Waals surface area contributed by atoms with E-state index in [2.05, 4.69) is 23.7 Å². The zero-order chi connectivity index (χ0) is 13.1. The maximum Gasteiger partial charge on any atom is 0.303 e. The van der Waals surface area contributed by atoms with Gasteiger partial charge in [-0.15, -0.1) is 0 Å². The fraction of sp³-hybridized carbons (Fsp3) is 0.818. The Kier molecular flexibility index (Phi) is 9.95. The van der Waals surface area contributed by atoms with Crippen molar-refractivity contribution in [3.63, 3.8) is 0 Å². The van der Waals surface area contributed by atoms with Crippen LogP contribution < -0.4 is 11.1 Å². The van der Waals surface area contributed by atoms with Crippen LogP contribution in [0.2, 0.25) is 0 Å². The molecule has 0 bridgehead atoms. The number of carboxylic acids is 1. The SMILES string of the molecule is [NH3+]C(CS)C(=O)NCCCCCCCC(=O)O. The Balaban J connectivity index is 3.24. The molecule has 0 spiro atoms. The first kappa shape index (κ1) is 16.2. The second-order valence-corrected chi connectivity index (χ2v) is 4.45. The molecule has 100 valence electrons. The first-order valence-corrected chi connectivity index (χ1v) is 6.64. The molecular formula is C11H23N2O3S+. The number of carboxylic acid groups (broad SMARTS) is 1. The Bertz CT molecular complexity index is 237. The molecule has 0 aromatic heterocycles. The lowest BCUT2D eigenvalue weighted by atomic mass is 10.1. The fourth-order valence-corrected chi connectivity index (χ4v) is 1.54. The highest BCUT2D eigenvalue weighted by molar-refractivity contribution is 7.80. The first-order chi connectivity index (χ1) is 8.07. The number of quaternary nitrogens is 1. The van der Waals surface area contributed by atoms with Crippen LogP contribution in [0, 0.1) is 0 Å². The van der Waals surface area contributed by atoms with E-state index >= 15 is 0 Å². The minimum Gasteiger partial charge on any atom is -0.481 e. The molecule has 0 aromatic carbocycles. The van der Waals surface area contributed by atoms with Gasteiger partial charge in [0.05, 0.1) is 5.75 Å². The largest absolute Gasteiger partial charge is 0.481 e. The lowest BCUT2D eigenvalue weighted by Gasteiger charge is -2.07. The van der Waals surface area contributed by atoms with Crippen molar-refractivity contribution in [2.45, 2.75) is 44.6 Å². The van der Waals surface area contributed by atoms with Gasteiger partial charge in [0.25, 0.3) is 5.91 Å². The fourth-order valence-electron chi connectivity index (χ4n) is 1.37. The van der Waals surface area contributed by atoms with Crippen LogP contribution in [0.1, 0.15) is 38.5 Å². The highest BCUT2D eigenvalue weighted by atomic mass is 32.1. The van der Waals surface area contributed by atoms with Crippen LogP contribution in [-0.2, 0) is 9.59 Å². The third kappa shape index (κ3) is 10.1. The van der Waals surface area contributed by atoms with Gasteiger partial charge in [-0.25, -0.2) is 0 Å². The normalized spacial score (nSPS) is 12.1. The van der Waals surface area contributed by atoms with Gasteiger partial charge in [0.15, 0.2) is 6.04 Å². The monoisotopic (exact) mass is 263 g/mol. The van der Waals surface area contributed by atoms with Crippen LogP contribution in [0.25, 0.3) is 0 Å². The number of rotatable bonds is 10. The summed E-state index contributed by atoms with van der Waals surface area (Å²) in [5.41, 5.74) is 3.67. The summed E-state index contributed by atoms with van der Waals surface area (Å²) < 4.78 is 0. The molecule has 5 nitrogen and oxygen atoms in total. The average molecular weight is 263 g/mol. The van der Waals surface area contributed by atoms with Gasteiger partial charge in [-0.2, -0.15) is 12.6 Å². The summed E-state index contributed by atoms with van der Waals surface area (Å²) in [6, 6.07) is -0.283. The predicted molar refractivity (Wildman–Crippen MR) is 68.9 cm³/mol. The molecular weight excluding hydrogens is 240 g/mol. The second kappa shape index (κ2) is 10.4. The van der Waals surface area contributed by atoms with E-state index in [1.807, 2.05) is 0 Å². The van der Waals surface area contributed by atoms with Gasteiger partial charge >= 0.3 is 5.97 Å². The topological polar surface area (TPSA) is 94.0 Å². The Hall–Kier alpha value is -0.750. The quantitative estimate of drug-likeness (QED) is 0.332. The van der Waals surface area contributed by atoms with Gasteiger partial charge in [0, 0.05) is 13.0 Å². The maximum atomic E-state index is 11.3. The minimum atomic E-state index is -0.731. The Morgan fingerprint density at radius 3 is 2.35 bits per heavy atom. The molecule has 1 unspecified atom stereocenters. The molecule has 0 fully saturated rings. The number of nitrogens with one attached hydrogen (secondary N) is 1. The number of amides is 1. The molecule has 0 radical (unpaired) electrons. The van der Waals surface area contributed by atoms with E-state index in [4.69, 9.17) is 5.11 Å². The molecule has 1 amide bonds. The molecule has 17 heavy (non-hydrogen) atoms. The smallest absolute Gasteiger partial charge is 0.303 e. The summed E-state index contributed by atoms with van der Waals surface area (Å²) in [7, 11) is 0. The van der Waals surface area contributed by atoms with E-state index in [-0.39, 0.29) is 18.4 Å². The van der Waals surface area contributed by atoms with E-state index in [1.54, 1.807) is 0 Å². The molecule has 0 aliphatic carbocycles. The molecule has 0 saturated heterocycles. The molecule has 0 rings (SSSR count). The molecule has 6 heteroatoms. The lowest BCUT2D eigenvalue weighted by Crippen LogP contribution is -2.68. The van der Waals surface area contributed by atoms with Crippen molar-refractivity contribution in [1.82, 2.24) is 5.32 Å². The van der Waals surface area contributed by atoms with Crippen molar-refractivity contribution in [3.05, 3.63) is 0 Å². The van der Waals surface area contributed by atoms with Crippen LogP contribution in [0.5, 0.6) is 0 Å². The first-order valence-electron chi connectivity index (χ1n) is 6.01.